The van der Waals surface area contributed by atoms with Crippen molar-refractivity contribution >= 4 is 16.0 Å². The Morgan fingerprint density at radius 1 is 1.32 bits per heavy atom. The van der Waals surface area contributed by atoms with Crippen molar-refractivity contribution in [1.29, 1.82) is 0 Å². The van der Waals surface area contributed by atoms with Gasteiger partial charge in [0.05, 0.1) is 0 Å². The first-order valence-corrected chi connectivity index (χ1v) is 7.97. The Bertz CT molecular complexity index is 790. The first-order valence-electron chi connectivity index (χ1n) is 6.49. The van der Waals surface area contributed by atoms with Crippen LogP contribution in [-0.4, -0.2) is 34.7 Å². The van der Waals surface area contributed by atoms with Crippen molar-refractivity contribution in [3.05, 3.63) is 27.0 Å². The van der Waals surface area contributed by atoms with Gasteiger partial charge in [0, 0.05) is 20.3 Å². The highest BCUT2D eigenvalue weighted by Crippen LogP contribution is 2.09. The van der Waals surface area contributed by atoms with Crippen LogP contribution in [0.25, 0.3) is 0 Å². The van der Waals surface area contributed by atoms with E-state index in [4.69, 9.17) is 5.11 Å². The van der Waals surface area contributed by atoms with Crippen molar-refractivity contribution in [2.45, 2.75) is 31.2 Å². The van der Waals surface area contributed by atoms with E-state index in [0.29, 0.717) is 4.57 Å². The molecule has 0 aliphatic heterocycles. The number of aromatic nitrogens is 2. The van der Waals surface area contributed by atoms with E-state index in [9.17, 15) is 22.8 Å². The van der Waals surface area contributed by atoms with Gasteiger partial charge < -0.3 is 9.67 Å². The Labute approximate surface area is 127 Å². The van der Waals surface area contributed by atoms with Crippen LogP contribution in [0.3, 0.4) is 0 Å². The zero-order valence-corrected chi connectivity index (χ0v) is 13.5. The van der Waals surface area contributed by atoms with Gasteiger partial charge >= 0.3 is 11.7 Å². The lowest BCUT2D eigenvalue weighted by molar-refractivity contribution is -0.139. The molecule has 0 fully saturated rings. The lowest BCUT2D eigenvalue weighted by Crippen LogP contribution is -2.46. The smallest absolute Gasteiger partial charge is 0.330 e. The van der Waals surface area contributed by atoms with Crippen molar-refractivity contribution < 1.29 is 18.3 Å². The number of aliphatic carboxylic acids is 1. The molecule has 10 heteroatoms. The fourth-order valence-electron chi connectivity index (χ4n) is 1.88. The molecule has 1 atom stereocenters. The van der Waals surface area contributed by atoms with Gasteiger partial charge in [-0.15, -0.1) is 0 Å². The Kier molecular flexibility index (Phi) is 5.30. The van der Waals surface area contributed by atoms with E-state index < -0.39 is 38.2 Å². The van der Waals surface area contributed by atoms with Gasteiger partial charge in [-0.2, -0.15) is 4.72 Å². The fraction of sp³-hybridized carbons (Fsp3) is 0.583. The summed E-state index contributed by atoms with van der Waals surface area (Å²) in [6.07, 6.45) is 0.946. The number of aryl methyl sites for hydroxylation is 1. The summed E-state index contributed by atoms with van der Waals surface area (Å²) < 4.78 is 28.1. The number of sulfonamides is 1. The maximum Gasteiger partial charge on any atom is 0.330 e. The molecule has 1 aromatic rings. The second-order valence-corrected chi connectivity index (χ2v) is 7.08. The van der Waals surface area contributed by atoms with E-state index in [0.717, 1.165) is 17.8 Å². The third-order valence-corrected chi connectivity index (χ3v) is 4.46. The van der Waals surface area contributed by atoms with Gasteiger partial charge in [0.1, 0.15) is 6.04 Å². The molecule has 0 saturated carbocycles. The zero-order chi connectivity index (χ0) is 17.2. The highest BCUT2D eigenvalue weighted by molar-refractivity contribution is 7.89. The number of hydrogen-bond acceptors (Lipinski definition) is 5. The van der Waals surface area contributed by atoms with Gasteiger partial charge in [-0.1, -0.05) is 13.8 Å². The summed E-state index contributed by atoms with van der Waals surface area (Å²) >= 11 is 0. The Balaban J connectivity index is 3.34. The first-order chi connectivity index (χ1) is 9.97. The summed E-state index contributed by atoms with van der Waals surface area (Å²) in [7, 11) is -1.93. The molecule has 2 N–H and O–H groups in total. The Morgan fingerprint density at radius 2 is 1.86 bits per heavy atom. The van der Waals surface area contributed by atoms with Crippen LogP contribution < -0.4 is 16.0 Å². The number of nitrogens with zero attached hydrogens (tertiary/aromatic N) is 2. The van der Waals surface area contributed by atoms with Crippen LogP contribution in [0.5, 0.6) is 0 Å². The molecular formula is C12H19N3O6S. The molecule has 0 radical (unpaired) electrons. The van der Waals surface area contributed by atoms with Crippen LogP contribution in [-0.2, 0) is 28.9 Å². The van der Waals surface area contributed by atoms with Crippen molar-refractivity contribution in [2.75, 3.05) is 0 Å². The van der Waals surface area contributed by atoms with Crippen LogP contribution in [0.2, 0.25) is 0 Å². The van der Waals surface area contributed by atoms with E-state index >= 15 is 0 Å². The van der Waals surface area contributed by atoms with Crippen molar-refractivity contribution in [2.24, 2.45) is 20.0 Å². The number of hydrogen-bond donors (Lipinski definition) is 2. The van der Waals surface area contributed by atoms with Crippen LogP contribution in [0.1, 0.15) is 20.3 Å². The van der Waals surface area contributed by atoms with Crippen molar-refractivity contribution in [3.63, 3.8) is 0 Å². The van der Waals surface area contributed by atoms with E-state index in [1.165, 1.54) is 7.05 Å². The van der Waals surface area contributed by atoms with Gasteiger partial charge in [0.25, 0.3) is 5.56 Å². The van der Waals surface area contributed by atoms with Gasteiger partial charge in [0.2, 0.25) is 10.0 Å². The molecule has 0 bridgehead atoms. The van der Waals surface area contributed by atoms with Crippen molar-refractivity contribution in [1.82, 2.24) is 13.9 Å². The maximum absolute atomic E-state index is 12.3. The normalized spacial score (nSPS) is 13.3. The number of carbonyl (C=O) groups is 1. The second-order valence-electron chi connectivity index (χ2n) is 5.39. The average Bonchev–Trinajstić information content (AvgIpc) is 2.38. The largest absolute Gasteiger partial charge is 0.480 e. The lowest BCUT2D eigenvalue weighted by atomic mass is 10.1. The van der Waals surface area contributed by atoms with E-state index in [-0.39, 0.29) is 12.3 Å². The minimum absolute atomic E-state index is 0.0632. The SMILES string of the molecule is CC(C)C[C@@H](NS(=O)(=O)c1cn(C)c(=O)n(C)c1=O)C(=O)O. The molecule has 1 heterocycles. The van der Waals surface area contributed by atoms with Crippen LogP contribution in [0, 0.1) is 5.92 Å². The molecule has 0 aromatic carbocycles. The number of carboxylic acids is 1. The van der Waals surface area contributed by atoms with Gasteiger partial charge in [0.15, 0.2) is 4.90 Å². The summed E-state index contributed by atoms with van der Waals surface area (Å²) in [5.74, 6) is -1.40. The predicted molar refractivity (Wildman–Crippen MR) is 78.1 cm³/mol. The number of nitrogens with one attached hydrogen (secondary N) is 1. The second kappa shape index (κ2) is 6.44. The summed E-state index contributed by atoms with van der Waals surface area (Å²) in [5.41, 5.74) is -1.69. The molecule has 22 heavy (non-hydrogen) atoms. The van der Waals surface area contributed by atoms with Crippen LogP contribution in [0.4, 0.5) is 0 Å². The molecule has 0 spiro atoms. The zero-order valence-electron chi connectivity index (χ0n) is 12.7. The fourth-order valence-corrected chi connectivity index (χ4v) is 3.24. The number of rotatable bonds is 6. The Hall–Kier alpha value is -1.94. The highest BCUT2D eigenvalue weighted by Gasteiger charge is 2.29. The standard InChI is InChI=1S/C12H19N3O6S/c1-7(2)5-8(11(17)18)13-22(20,21)9-6-14(3)12(19)15(4)10(9)16/h6-8,13H,5H2,1-4H3,(H,17,18)/t8-/m1/s1. The summed E-state index contributed by atoms with van der Waals surface area (Å²) in [5, 5.41) is 9.09. The molecule has 0 unspecified atom stereocenters. The van der Waals surface area contributed by atoms with Gasteiger partial charge in [-0.05, 0) is 12.3 Å². The molecule has 124 valence electrons. The third-order valence-electron chi connectivity index (χ3n) is 3.01. The van der Waals surface area contributed by atoms with Crippen LogP contribution in [0.15, 0.2) is 20.7 Å². The van der Waals surface area contributed by atoms with E-state index in [1.54, 1.807) is 13.8 Å². The minimum atomic E-state index is -4.37. The van der Waals surface area contributed by atoms with Gasteiger partial charge in [-0.3, -0.25) is 14.2 Å². The van der Waals surface area contributed by atoms with Crippen molar-refractivity contribution in [3.8, 4) is 0 Å². The van der Waals surface area contributed by atoms with Gasteiger partial charge in [-0.25, -0.2) is 13.2 Å². The maximum atomic E-state index is 12.3. The summed E-state index contributed by atoms with van der Waals surface area (Å²) in [6.45, 7) is 3.49. The monoisotopic (exact) mass is 333 g/mol. The third kappa shape index (κ3) is 3.83. The van der Waals surface area contributed by atoms with E-state index in [1.807, 2.05) is 4.72 Å². The predicted octanol–water partition coefficient (Wildman–Crippen LogP) is -1.14. The highest BCUT2D eigenvalue weighted by atomic mass is 32.2. The quantitative estimate of drug-likeness (QED) is 0.677. The Morgan fingerprint density at radius 3 is 2.32 bits per heavy atom. The molecule has 0 amide bonds. The molecule has 0 aliphatic rings. The molecule has 1 aromatic heterocycles. The summed E-state index contributed by atoms with van der Waals surface area (Å²) in [4.78, 5) is 34.0. The molecule has 0 aliphatic carbocycles. The van der Waals surface area contributed by atoms with Crippen LogP contribution >= 0.6 is 0 Å². The number of carboxylic acid groups (broad SMARTS) is 1. The first kappa shape index (κ1) is 18.1. The molecule has 9 nitrogen and oxygen atoms in total. The molecule has 1 rings (SSSR count). The average molecular weight is 333 g/mol. The minimum Gasteiger partial charge on any atom is -0.480 e. The topological polar surface area (TPSA) is 127 Å². The molecular weight excluding hydrogens is 314 g/mol. The van der Waals surface area contributed by atoms with E-state index in [2.05, 4.69) is 0 Å². The lowest BCUT2D eigenvalue weighted by Gasteiger charge is -2.16. The summed E-state index contributed by atoms with van der Waals surface area (Å²) in [6, 6.07) is -1.35. The molecule has 0 saturated heterocycles.